The fourth-order valence-corrected chi connectivity index (χ4v) is 3.38. The Hall–Kier alpha value is -1.27. The number of hydrogen-bond donors (Lipinski definition) is 2. The summed E-state index contributed by atoms with van der Waals surface area (Å²) < 4.78 is 22.9. The summed E-state index contributed by atoms with van der Waals surface area (Å²) in [6, 6.07) is 5.06. The van der Waals surface area contributed by atoms with E-state index >= 15 is 0 Å². The molecule has 0 unspecified atom stereocenters. The van der Waals surface area contributed by atoms with Gasteiger partial charge in [0.15, 0.2) is 0 Å². The van der Waals surface area contributed by atoms with Gasteiger partial charge in [-0.05, 0) is 31.0 Å². The molecule has 1 aromatic rings. The van der Waals surface area contributed by atoms with Crippen LogP contribution in [0.25, 0.3) is 0 Å². The molecule has 0 aliphatic heterocycles. The predicted octanol–water partition coefficient (Wildman–Crippen LogP) is 2.08. The third-order valence-electron chi connectivity index (χ3n) is 4.08. The molecule has 1 aromatic carbocycles. The summed E-state index contributed by atoms with van der Waals surface area (Å²) in [6.07, 6.45) is 7.22. The molecule has 6 heteroatoms. The minimum atomic E-state index is -3.70. The zero-order valence-corrected chi connectivity index (χ0v) is 12.7. The highest BCUT2D eigenvalue weighted by molar-refractivity contribution is 7.89. The lowest BCUT2D eigenvalue weighted by molar-refractivity contribution is 0.553. The van der Waals surface area contributed by atoms with E-state index < -0.39 is 10.0 Å². The number of nitrogen functional groups attached to an aromatic ring is 1. The molecule has 0 heterocycles. The van der Waals surface area contributed by atoms with Crippen molar-refractivity contribution >= 4 is 21.4 Å². The monoisotopic (exact) mass is 297 g/mol. The van der Waals surface area contributed by atoms with E-state index in [2.05, 4.69) is 4.90 Å². The fraction of sp³-hybridized carbons (Fsp3) is 0.571. The summed E-state index contributed by atoms with van der Waals surface area (Å²) in [5.74, 6) is 0. The first-order valence-electron chi connectivity index (χ1n) is 7.05. The largest absolute Gasteiger partial charge is 0.397 e. The molecular formula is C14H23N3O2S. The second-order valence-electron chi connectivity index (χ2n) is 5.52. The second-order valence-corrected chi connectivity index (χ2v) is 7.08. The third kappa shape index (κ3) is 3.43. The van der Waals surface area contributed by atoms with Crippen LogP contribution in [-0.4, -0.2) is 21.5 Å². The van der Waals surface area contributed by atoms with Gasteiger partial charge in [0, 0.05) is 13.1 Å². The minimum absolute atomic E-state index is 0.113. The number of benzene rings is 1. The number of primary sulfonamides is 1. The number of nitrogens with zero attached hydrogens (tertiary/aromatic N) is 1. The van der Waals surface area contributed by atoms with Crippen LogP contribution in [0.15, 0.2) is 23.1 Å². The van der Waals surface area contributed by atoms with Gasteiger partial charge in [-0.15, -0.1) is 0 Å². The quantitative estimate of drug-likeness (QED) is 0.660. The molecule has 0 bridgehead atoms. The van der Waals surface area contributed by atoms with Crippen molar-refractivity contribution in [2.24, 2.45) is 5.14 Å². The van der Waals surface area contributed by atoms with Gasteiger partial charge in [-0.25, -0.2) is 13.6 Å². The summed E-state index contributed by atoms with van der Waals surface area (Å²) in [4.78, 5) is 2.22. The maximum absolute atomic E-state index is 11.5. The molecule has 0 spiro atoms. The van der Waals surface area contributed by atoms with Crippen molar-refractivity contribution in [3.8, 4) is 0 Å². The van der Waals surface area contributed by atoms with Crippen LogP contribution in [0.2, 0.25) is 0 Å². The topological polar surface area (TPSA) is 89.4 Å². The lowest BCUT2D eigenvalue weighted by atomic mass is 10.1. The number of nitrogens with two attached hydrogens (primary N) is 2. The Labute approximate surface area is 121 Å². The van der Waals surface area contributed by atoms with Crippen LogP contribution in [0.4, 0.5) is 11.4 Å². The first-order valence-corrected chi connectivity index (χ1v) is 8.59. The molecule has 4 N–H and O–H groups in total. The number of rotatable bonds is 3. The molecule has 2 rings (SSSR count). The molecule has 1 aliphatic carbocycles. The van der Waals surface area contributed by atoms with E-state index in [0.29, 0.717) is 11.7 Å². The standard InChI is InChI=1S/C14H23N3O2S/c1-17(11-6-4-2-3-5-7-11)14-10-12(20(16,18)19)8-9-13(14)15/h8-11H,2-7,15H2,1H3,(H2,16,18,19). The van der Waals surface area contributed by atoms with Crippen LogP contribution in [0.3, 0.4) is 0 Å². The molecule has 1 aliphatic rings. The SMILES string of the molecule is CN(c1cc(S(N)(=O)=O)ccc1N)C1CCCCCC1. The Morgan fingerprint density at radius 1 is 1.15 bits per heavy atom. The van der Waals surface area contributed by atoms with Crippen LogP contribution in [-0.2, 0) is 10.0 Å². The van der Waals surface area contributed by atoms with Crippen molar-refractivity contribution in [2.75, 3.05) is 17.7 Å². The van der Waals surface area contributed by atoms with Gasteiger partial charge in [-0.2, -0.15) is 0 Å². The first kappa shape index (κ1) is 15.1. The van der Waals surface area contributed by atoms with E-state index in [4.69, 9.17) is 10.9 Å². The van der Waals surface area contributed by atoms with E-state index in [1.165, 1.54) is 31.7 Å². The fourth-order valence-electron chi connectivity index (χ4n) is 2.85. The van der Waals surface area contributed by atoms with Gasteiger partial charge in [-0.1, -0.05) is 25.7 Å². The molecule has 0 saturated heterocycles. The van der Waals surface area contributed by atoms with Crippen molar-refractivity contribution in [1.29, 1.82) is 0 Å². The van der Waals surface area contributed by atoms with E-state index in [-0.39, 0.29) is 4.90 Å². The lowest BCUT2D eigenvalue weighted by Gasteiger charge is -2.30. The summed E-state index contributed by atoms with van der Waals surface area (Å²) in [5.41, 5.74) is 7.34. The molecule has 0 atom stereocenters. The third-order valence-corrected chi connectivity index (χ3v) is 4.99. The minimum Gasteiger partial charge on any atom is -0.397 e. The summed E-state index contributed by atoms with van der Waals surface area (Å²) in [5, 5.41) is 5.19. The van der Waals surface area contributed by atoms with Crippen molar-refractivity contribution in [1.82, 2.24) is 0 Å². The summed E-state index contributed by atoms with van der Waals surface area (Å²) >= 11 is 0. The molecule has 1 saturated carbocycles. The molecule has 1 fully saturated rings. The highest BCUT2D eigenvalue weighted by atomic mass is 32.2. The van der Waals surface area contributed by atoms with E-state index in [9.17, 15) is 8.42 Å². The van der Waals surface area contributed by atoms with Gasteiger partial charge >= 0.3 is 0 Å². The smallest absolute Gasteiger partial charge is 0.238 e. The van der Waals surface area contributed by atoms with Gasteiger partial charge in [0.25, 0.3) is 0 Å². The normalized spacial score (nSPS) is 17.7. The van der Waals surface area contributed by atoms with Gasteiger partial charge in [0.1, 0.15) is 0 Å². The highest BCUT2D eigenvalue weighted by Crippen LogP contribution is 2.30. The summed E-state index contributed by atoms with van der Waals surface area (Å²) in [6.45, 7) is 0. The Balaban J connectivity index is 2.30. The van der Waals surface area contributed by atoms with Crippen LogP contribution < -0.4 is 15.8 Å². The Morgan fingerprint density at radius 2 is 1.75 bits per heavy atom. The summed E-state index contributed by atoms with van der Waals surface area (Å²) in [7, 11) is -1.71. The molecule has 20 heavy (non-hydrogen) atoms. The Bertz CT molecular complexity index is 564. The molecule has 112 valence electrons. The van der Waals surface area contributed by atoms with Crippen LogP contribution in [0.5, 0.6) is 0 Å². The van der Waals surface area contributed by atoms with Crippen molar-refractivity contribution < 1.29 is 8.42 Å². The lowest BCUT2D eigenvalue weighted by Crippen LogP contribution is -2.31. The molecule has 0 aromatic heterocycles. The van der Waals surface area contributed by atoms with Gasteiger partial charge < -0.3 is 10.6 Å². The van der Waals surface area contributed by atoms with Crippen LogP contribution in [0.1, 0.15) is 38.5 Å². The molecular weight excluding hydrogens is 274 g/mol. The highest BCUT2D eigenvalue weighted by Gasteiger charge is 2.20. The van der Waals surface area contributed by atoms with Gasteiger partial charge in [0.05, 0.1) is 16.3 Å². The number of anilines is 2. The zero-order chi connectivity index (χ0) is 14.8. The second kappa shape index (κ2) is 6.01. The maximum atomic E-state index is 11.5. The average molecular weight is 297 g/mol. The van der Waals surface area contributed by atoms with Crippen molar-refractivity contribution in [2.45, 2.75) is 49.5 Å². The molecule has 0 amide bonds. The first-order chi connectivity index (χ1) is 9.39. The Morgan fingerprint density at radius 3 is 2.30 bits per heavy atom. The van der Waals surface area contributed by atoms with Gasteiger partial charge in [0.2, 0.25) is 10.0 Å². The van der Waals surface area contributed by atoms with Crippen molar-refractivity contribution in [3.63, 3.8) is 0 Å². The van der Waals surface area contributed by atoms with E-state index in [0.717, 1.165) is 18.5 Å². The maximum Gasteiger partial charge on any atom is 0.238 e. The Kier molecular flexibility index (Phi) is 4.55. The van der Waals surface area contributed by atoms with Crippen LogP contribution >= 0.6 is 0 Å². The van der Waals surface area contributed by atoms with E-state index in [1.54, 1.807) is 12.1 Å². The van der Waals surface area contributed by atoms with E-state index in [1.807, 2.05) is 7.05 Å². The zero-order valence-electron chi connectivity index (χ0n) is 11.9. The average Bonchev–Trinajstić information content (AvgIpc) is 2.66. The predicted molar refractivity (Wildman–Crippen MR) is 82.1 cm³/mol. The number of sulfonamides is 1. The number of hydrogen-bond acceptors (Lipinski definition) is 4. The molecule has 5 nitrogen and oxygen atoms in total. The van der Waals surface area contributed by atoms with Crippen molar-refractivity contribution in [3.05, 3.63) is 18.2 Å². The van der Waals surface area contributed by atoms with Crippen LogP contribution in [0, 0.1) is 0 Å². The van der Waals surface area contributed by atoms with Gasteiger partial charge in [-0.3, -0.25) is 0 Å². The molecule has 0 radical (unpaired) electrons.